The minimum absolute atomic E-state index is 0.0702. The monoisotopic (exact) mass is 296 g/mol. The Labute approximate surface area is 128 Å². The van der Waals surface area contributed by atoms with Gasteiger partial charge in [0.25, 0.3) is 5.91 Å². The predicted molar refractivity (Wildman–Crippen MR) is 84.7 cm³/mol. The molecule has 6 nitrogen and oxygen atoms in total. The lowest BCUT2D eigenvalue weighted by Gasteiger charge is -2.04. The van der Waals surface area contributed by atoms with Crippen LogP contribution >= 0.6 is 0 Å². The zero-order chi connectivity index (χ0) is 15.8. The molecule has 0 unspecified atom stereocenters. The molecule has 2 N–H and O–H groups in total. The first-order chi connectivity index (χ1) is 10.7. The Bertz CT molecular complexity index is 666. The van der Waals surface area contributed by atoms with Gasteiger partial charge in [-0.05, 0) is 42.0 Å². The first-order valence-corrected chi connectivity index (χ1v) is 6.82. The predicted octanol–water partition coefficient (Wildman–Crippen LogP) is 2.19. The zero-order valence-electron chi connectivity index (χ0n) is 12.1. The fourth-order valence-electron chi connectivity index (χ4n) is 1.63. The number of anilines is 1. The molecule has 0 radical (unpaired) electrons. The number of pyridine rings is 1. The molecule has 1 aromatic carbocycles. The molecule has 1 heterocycles. The fourth-order valence-corrected chi connectivity index (χ4v) is 1.63. The van der Waals surface area contributed by atoms with Gasteiger partial charge < -0.3 is 5.32 Å². The van der Waals surface area contributed by atoms with E-state index in [9.17, 15) is 9.59 Å². The number of hydrazone groups is 1. The van der Waals surface area contributed by atoms with Crippen LogP contribution in [0, 0.1) is 0 Å². The minimum Gasteiger partial charge on any atom is -0.326 e. The molecule has 0 aliphatic rings. The van der Waals surface area contributed by atoms with Gasteiger partial charge >= 0.3 is 0 Å². The van der Waals surface area contributed by atoms with Crippen LogP contribution in [0.5, 0.6) is 0 Å². The lowest BCUT2D eigenvalue weighted by molar-refractivity contribution is -0.115. The fraction of sp³-hybridized carbons (Fsp3) is 0.125. The third kappa shape index (κ3) is 4.52. The Morgan fingerprint density at radius 3 is 2.45 bits per heavy atom. The van der Waals surface area contributed by atoms with Crippen molar-refractivity contribution in [3.8, 4) is 0 Å². The number of carbonyl (C=O) groups excluding carboxylic acids is 2. The highest BCUT2D eigenvalue weighted by molar-refractivity contribution is 5.96. The zero-order valence-corrected chi connectivity index (χ0v) is 12.1. The van der Waals surface area contributed by atoms with Crippen LogP contribution in [-0.4, -0.2) is 23.0 Å². The second-order valence-corrected chi connectivity index (χ2v) is 4.46. The quantitative estimate of drug-likeness (QED) is 0.655. The number of hydrogen-bond donors (Lipinski definition) is 2. The summed E-state index contributed by atoms with van der Waals surface area (Å²) in [7, 11) is 0. The summed E-state index contributed by atoms with van der Waals surface area (Å²) in [5, 5.41) is 6.60. The molecule has 0 aliphatic carbocycles. The highest BCUT2D eigenvalue weighted by Gasteiger charge is 2.04. The molecule has 6 heteroatoms. The molecule has 1 aromatic heterocycles. The summed E-state index contributed by atoms with van der Waals surface area (Å²) in [5.41, 5.74) is 4.40. The van der Waals surface area contributed by atoms with Crippen molar-refractivity contribution in [2.45, 2.75) is 13.3 Å². The second-order valence-electron chi connectivity index (χ2n) is 4.46. The minimum atomic E-state index is -0.321. The summed E-state index contributed by atoms with van der Waals surface area (Å²) in [6.07, 6.45) is 5.24. The number of hydrogen-bond acceptors (Lipinski definition) is 4. The molecular weight excluding hydrogens is 280 g/mol. The average Bonchev–Trinajstić information content (AvgIpc) is 2.56. The molecule has 0 bridgehead atoms. The van der Waals surface area contributed by atoms with Gasteiger partial charge in [-0.15, -0.1) is 0 Å². The summed E-state index contributed by atoms with van der Waals surface area (Å²) in [6.45, 7) is 1.78. The Morgan fingerprint density at radius 1 is 1.14 bits per heavy atom. The van der Waals surface area contributed by atoms with Gasteiger partial charge in [-0.1, -0.05) is 6.92 Å². The van der Waals surface area contributed by atoms with E-state index in [-0.39, 0.29) is 11.8 Å². The molecule has 22 heavy (non-hydrogen) atoms. The highest BCUT2D eigenvalue weighted by Crippen LogP contribution is 2.09. The molecule has 0 atom stereocenters. The summed E-state index contributed by atoms with van der Waals surface area (Å²) < 4.78 is 0. The van der Waals surface area contributed by atoms with Gasteiger partial charge in [0.2, 0.25) is 5.91 Å². The average molecular weight is 296 g/mol. The normalized spacial score (nSPS) is 10.4. The van der Waals surface area contributed by atoms with Gasteiger partial charge in [-0.2, -0.15) is 5.10 Å². The maximum Gasteiger partial charge on any atom is 0.271 e. The summed E-state index contributed by atoms with van der Waals surface area (Å²) in [4.78, 5) is 27.1. The van der Waals surface area contributed by atoms with Gasteiger partial charge in [0.1, 0.15) is 0 Å². The van der Waals surface area contributed by atoms with Crippen LogP contribution < -0.4 is 10.7 Å². The largest absolute Gasteiger partial charge is 0.326 e. The second kappa shape index (κ2) is 7.68. The van der Waals surface area contributed by atoms with Crippen molar-refractivity contribution < 1.29 is 9.59 Å². The molecule has 0 aliphatic heterocycles. The van der Waals surface area contributed by atoms with Gasteiger partial charge in [-0.3, -0.25) is 14.6 Å². The Morgan fingerprint density at radius 2 is 1.82 bits per heavy atom. The van der Waals surface area contributed by atoms with Gasteiger partial charge in [-0.25, -0.2) is 5.43 Å². The van der Waals surface area contributed by atoms with E-state index in [1.54, 1.807) is 55.7 Å². The summed E-state index contributed by atoms with van der Waals surface area (Å²) >= 11 is 0. The first kappa shape index (κ1) is 15.4. The SMILES string of the molecule is CCC(=O)Nc1ccc(C(=O)NN=Cc2ccncc2)cc1. The highest BCUT2D eigenvalue weighted by atomic mass is 16.2. The van der Waals surface area contributed by atoms with E-state index < -0.39 is 0 Å². The van der Waals surface area contributed by atoms with Crippen molar-refractivity contribution in [1.29, 1.82) is 0 Å². The number of benzene rings is 1. The van der Waals surface area contributed by atoms with Crippen molar-refractivity contribution in [2.24, 2.45) is 5.10 Å². The van der Waals surface area contributed by atoms with Gasteiger partial charge in [0, 0.05) is 30.1 Å². The summed E-state index contributed by atoms with van der Waals surface area (Å²) in [6, 6.07) is 10.2. The summed E-state index contributed by atoms with van der Waals surface area (Å²) in [5.74, 6) is -0.391. The molecule has 0 saturated carbocycles. The van der Waals surface area contributed by atoms with Crippen LogP contribution in [0.4, 0.5) is 5.69 Å². The maximum absolute atomic E-state index is 11.9. The van der Waals surface area contributed by atoms with Crippen LogP contribution in [0.3, 0.4) is 0 Å². The van der Waals surface area contributed by atoms with E-state index in [2.05, 4.69) is 20.8 Å². The third-order valence-electron chi connectivity index (χ3n) is 2.84. The van der Waals surface area contributed by atoms with Crippen molar-refractivity contribution in [2.75, 3.05) is 5.32 Å². The van der Waals surface area contributed by atoms with Crippen LogP contribution in [-0.2, 0) is 4.79 Å². The molecular formula is C16H16N4O2. The number of carbonyl (C=O) groups is 2. The van der Waals surface area contributed by atoms with Crippen LogP contribution in [0.25, 0.3) is 0 Å². The van der Waals surface area contributed by atoms with Crippen molar-refractivity contribution in [3.63, 3.8) is 0 Å². The number of rotatable bonds is 5. The molecule has 2 aromatic rings. The molecule has 2 amide bonds. The molecule has 0 saturated heterocycles. The lowest BCUT2D eigenvalue weighted by atomic mass is 10.2. The van der Waals surface area contributed by atoms with E-state index in [1.165, 1.54) is 6.21 Å². The van der Waals surface area contributed by atoms with Crippen LogP contribution in [0.15, 0.2) is 53.9 Å². The molecule has 112 valence electrons. The van der Waals surface area contributed by atoms with Crippen molar-refractivity contribution in [3.05, 3.63) is 59.9 Å². The van der Waals surface area contributed by atoms with Crippen LogP contribution in [0.2, 0.25) is 0 Å². The standard InChI is InChI=1S/C16H16N4O2/c1-2-15(21)19-14-5-3-13(4-6-14)16(22)20-18-11-12-7-9-17-10-8-12/h3-11H,2H2,1H3,(H,19,21)(H,20,22). The maximum atomic E-state index is 11.9. The molecule has 0 fully saturated rings. The van der Waals surface area contributed by atoms with Gasteiger partial charge in [0.15, 0.2) is 0 Å². The van der Waals surface area contributed by atoms with Crippen LogP contribution in [0.1, 0.15) is 29.3 Å². The number of aromatic nitrogens is 1. The molecule has 2 rings (SSSR count). The Balaban J connectivity index is 1.92. The van der Waals surface area contributed by atoms with Crippen molar-refractivity contribution in [1.82, 2.24) is 10.4 Å². The van der Waals surface area contributed by atoms with E-state index in [0.717, 1.165) is 5.56 Å². The number of nitrogens with zero attached hydrogens (tertiary/aromatic N) is 2. The molecule has 0 spiro atoms. The van der Waals surface area contributed by atoms with E-state index in [1.807, 2.05) is 0 Å². The van der Waals surface area contributed by atoms with Gasteiger partial charge in [0.05, 0.1) is 6.21 Å². The first-order valence-electron chi connectivity index (χ1n) is 6.82. The lowest BCUT2D eigenvalue weighted by Crippen LogP contribution is -2.17. The number of amides is 2. The van der Waals surface area contributed by atoms with Crippen molar-refractivity contribution >= 4 is 23.7 Å². The van der Waals surface area contributed by atoms with E-state index in [0.29, 0.717) is 17.7 Å². The smallest absolute Gasteiger partial charge is 0.271 e. The van der Waals surface area contributed by atoms with E-state index >= 15 is 0 Å². The van der Waals surface area contributed by atoms with E-state index in [4.69, 9.17) is 0 Å². The Kier molecular flexibility index (Phi) is 5.37. The third-order valence-corrected chi connectivity index (χ3v) is 2.84. The number of nitrogens with one attached hydrogen (secondary N) is 2. The topological polar surface area (TPSA) is 83.5 Å². The Hall–Kier alpha value is -3.02.